The average Bonchev–Trinajstić information content (AvgIpc) is 2.87. The molecule has 0 aliphatic carbocycles. The monoisotopic (exact) mass is 574 g/mol. The van der Waals surface area contributed by atoms with Crippen LogP contribution in [0.1, 0.15) is 99.8 Å². The minimum Gasteiger partial charge on any atom is -0.462 e. The summed E-state index contributed by atoms with van der Waals surface area (Å²) < 4.78 is 11.5. The Morgan fingerprint density at radius 1 is 0.951 bits per heavy atom. The number of ether oxygens (including phenoxy) is 2. The van der Waals surface area contributed by atoms with Crippen molar-refractivity contribution in [2.75, 3.05) is 0 Å². The number of aliphatic hydroxyl groups is 3. The van der Waals surface area contributed by atoms with Gasteiger partial charge in [-0.3, -0.25) is 4.79 Å². The van der Waals surface area contributed by atoms with Gasteiger partial charge < -0.3 is 24.8 Å². The average molecular weight is 575 g/mol. The molecule has 0 aromatic carbocycles. The molecule has 1 fully saturated rings. The molecule has 7 heteroatoms. The van der Waals surface area contributed by atoms with Crippen LogP contribution in [0.25, 0.3) is 0 Å². The smallest absolute Gasteiger partial charge is 0.331 e. The van der Waals surface area contributed by atoms with E-state index in [0.717, 1.165) is 42.4 Å². The van der Waals surface area contributed by atoms with Gasteiger partial charge >= 0.3 is 11.9 Å². The van der Waals surface area contributed by atoms with Crippen molar-refractivity contribution in [3.8, 4) is 0 Å². The van der Waals surface area contributed by atoms with E-state index in [-0.39, 0.29) is 36.5 Å². The molecule has 0 unspecified atom stereocenters. The van der Waals surface area contributed by atoms with Crippen molar-refractivity contribution in [3.63, 3.8) is 0 Å². The molecule has 232 valence electrons. The predicted octanol–water partition coefficient (Wildman–Crippen LogP) is 6.29. The summed E-state index contributed by atoms with van der Waals surface area (Å²) in [5.41, 5.74) is 2.65. The van der Waals surface area contributed by atoms with E-state index in [1.54, 1.807) is 19.1 Å². The zero-order valence-corrected chi connectivity index (χ0v) is 26.2. The van der Waals surface area contributed by atoms with E-state index in [0.29, 0.717) is 25.2 Å². The second-order valence-electron chi connectivity index (χ2n) is 11.9. The van der Waals surface area contributed by atoms with Crippen LogP contribution in [0, 0.1) is 11.8 Å². The molecule has 3 N–H and O–H groups in total. The van der Waals surface area contributed by atoms with Gasteiger partial charge in [-0.25, -0.2) is 4.79 Å². The second kappa shape index (κ2) is 19.6. The molecule has 0 aromatic heterocycles. The van der Waals surface area contributed by atoms with Crippen LogP contribution in [0.3, 0.4) is 0 Å². The molecule has 6 atom stereocenters. The molecule has 1 aliphatic rings. The van der Waals surface area contributed by atoms with Crippen molar-refractivity contribution in [1.29, 1.82) is 0 Å². The van der Waals surface area contributed by atoms with Crippen molar-refractivity contribution < 1.29 is 34.4 Å². The first-order chi connectivity index (χ1) is 19.3. The Balaban J connectivity index is 2.69. The third-order valence-corrected chi connectivity index (χ3v) is 7.26. The van der Waals surface area contributed by atoms with Gasteiger partial charge in [0, 0.05) is 18.9 Å². The van der Waals surface area contributed by atoms with Crippen molar-refractivity contribution in [2.45, 2.75) is 130 Å². The van der Waals surface area contributed by atoms with Crippen LogP contribution in [-0.2, 0) is 19.1 Å². The van der Waals surface area contributed by atoms with E-state index in [4.69, 9.17) is 9.47 Å². The van der Waals surface area contributed by atoms with Crippen molar-refractivity contribution >= 4 is 11.9 Å². The Bertz CT molecular complexity index is 954. The van der Waals surface area contributed by atoms with Crippen LogP contribution in [-0.4, -0.2) is 57.8 Å². The molecule has 1 heterocycles. The molecule has 0 radical (unpaired) electrons. The molecule has 0 amide bonds. The molecule has 0 saturated carbocycles. The van der Waals surface area contributed by atoms with E-state index in [2.05, 4.69) is 20.8 Å². The fourth-order valence-electron chi connectivity index (χ4n) is 4.78. The number of cyclic esters (lactones) is 1. The minimum absolute atomic E-state index is 0.0244. The van der Waals surface area contributed by atoms with E-state index >= 15 is 0 Å². The number of aliphatic hydroxyl groups excluding tert-OH is 3. The van der Waals surface area contributed by atoms with Gasteiger partial charge in [0.1, 0.15) is 12.2 Å². The first-order valence-corrected chi connectivity index (χ1v) is 15.1. The van der Waals surface area contributed by atoms with Gasteiger partial charge in [0.05, 0.1) is 18.3 Å². The maximum Gasteiger partial charge on any atom is 0.331 e. The molecule has 1 rings (SSSR count). The molecular formula is C34H54O7. The quantitative estimate of drug-likeness (QED) is 0.151. The van der Waals surface area contributed by atoms with Gasteiger partial charge in [-0.15, -0.1) is 0 Å². The van der Waals surface area contributed by atoms with Crippen molar-refractivity contribution in [2.24, 2.45) is 11.8 Å². The summed E-state index contributed by atoms with van der Waals surface area (Å²) in [5.74, 6) is -0.0318. The largest absolute Gasteiger partial charge is 0.462 e. The standard InChI is InChI=1S/C34H54O7/c1-23(2)31-15-9-8-14-27(6)32(16-11-17-33(38)40-31)41-34(39)19-18-26(5)20-24(3)12-10-13-25(4)21-29(36)30(37)22-28(7)35/h10,12-13,18-21,23,27-32,35-37H,8-9,11,14-17,22H2,1-7H3/b13-10+,19-18+,24-12+,25-21+,26-20+/t27-,28-,29-,30-,31+,32-/m0/s1. The SMILES string of the molecule is CC(=C\C=C\C(C)=C\[C@H](O)[C@@H](O)C[C@H](C)O)/C=C(C)/C=C/C(=O)O[C@H]1CCCC(=O)O[C@@H](C(C)C)CCCC[C@@H]1C. The summed E-state index contributed by atoms with van der Waals surface area (Å²) in [4.78, 5) is 24.9. The van der Waals surface area contributed by atoms with Crippen molar-refractivity contribution in [3.05, 3.63) is 59.3 Å². The highest BCUT2D eigenvalue weighted by Gasteiger charge is 2.24. The van der Waals surface area contributed by atoms with Gasteiger partial charge in [-0.1, -0.05) is 80.4 Å². The van der Waals surface area contributed by atoms with E-state index in [1.807, 2.05) is 45.1 Å². The first kappa shape index (κ1) is 36.5. The summed E-state index contributed by atoms with van der Waals surface area (Å²) >= 11 is 0. The maximum atomic E-state index is 12.6. The van der Waals surface area contributed by atoms with Gasteiger partial charge in [0.25, 0.3) is 0 Å². The maximum absolute atomic E-state index is 12.6. The normalized spacial score (nSPS) is 25.0. The molecule has 41 heavy (non-hydrogen) atoms. The van der Waals surface area contributed by atoms with Gasteiger partial charge in [0.15, 0.2) is 0 Å². The lowest BCUT2D eigenvalue weighted by Gasteiger charge is -2.26. The third kappa shape index (κ3) is 16.5. The van der Waals surface area contributed by atoms with Crippen LogP contribution < -0.4 is 0 Å². The number of hydrogen-bond donors (Lipinski definition) is 3. The number of allylic oxidation sites excluding steroid dienone is 8. The molecular weight excluding hydrogens is 520 g/mol. The van der Waals surface area contributed by atoms with E-state index < -0.39 is 18.3 Å². The topological polar surface area (TPSA) is 113 Å². The highest BCUT2D eigenvalue weighted by Crippen LogP contribution is 2.24. The Morgan fingerprint density at radius 2 is 1.63 bits per heavy atom. The van der Waals surface area contributed by atoms with Gasteiger partial charge in [-0.2, -0.15) is 0 Å². The Hall–Kier alpha value is -2.48. The summed E-state index contributed by atoms with van der Waals surface area (Å²) in [6, 6.07) is 0. The number of rotatable bonds is 11. The summed E-state index contributed by atoms with van der Waals surface area (Å²) in [6.07, 6.45) is 14.8. The van der Waals surface area contributed by atoms with E-state index in [9.17, 15) is 24.9 Å². The lowest BCUT2D eigenvalue weighted by Crippen LogP contribution is -2.27. The predicted molar refractivity (Wildman–Crippen MR) is 164 cm³/mol. The third-order valence-electron chi connectivity index (χ3n) is 7.26. The zero-order valence-electron chi connectivity index (χ0n) is 26.2. The second-order valence-corrected chi connectivity index (χ2v) is 11.9. The number of hydrogen-bond acceptors (Lipinski definition) is 7. The minimum atomic E-state index is -1.05. The summed E-state index contributed by atoms with van der Waals surface area (Å²) in [5, 5.41) is 29.3. The summed E-state index contributed by atoms with van der Waals surface area (Å²) in [7, 11) is 0. The fourth-order valence-corrected chi connectivity index (χ4v) is 4.78. The zero-order chi connectivity index (χ0) is 30.9. The molecule has 0 bridgehead atoms. The molecule has 0 spiro atoms. The fraction of sp³-hybridized carbons (Fsp3) is 0.647. The Morgan fingerprint density at radius 3 is 2.29 bits per heavy atom. The number of esters is 2. The first-order valence-electron chi connectivity index (χ1n) is 15.1. The molecule has 1 aliphatic heterocycles. The van der Waals surface area contributed by atoms with Crippen LogP contribution in [0.5, 0.6) is 0 Å². The van der Waals surface area contributed by atoms with Crippen LogP contribution in [0.15, 0.2) is 59.3 Å². The lowest BCUT2D eigenvalue weighted by molar-refractivity contribution is -0.152. The molecule has 0 aromatic rings. The summed E-state index contributed by atoms with van der Waals surface area (Å²) in [6.45, 7) is 13.5. The van der Waals surface area contributed by atoms with Gasteiger partial charge in [-0.05, 0) is 71.6 Å². The lowest BCUT2D eigenvalue weighted by atomic mass is 9.92. The molecule has 7 nitrogen and oxygen atoms in total. The Labute approximate surface area is 247 Å². The van der Waals surface area contributed by atoms with Crippen molar-refractivity contribution in [1.82, 2.24) is 0 Å². The Kier molecular flexibility index (Phi) is 17.5. The highest BCUT2D eigenvalue weighted by atomic mass is 16.5. The molecule has 1 saturated heterocycles. The highest BCUT2D eigenvalue weighted by molar-refractivity contribution is 5.82. The number of carbonyl (C=O) groups is 2. The van der Waals surface area contributed by atoms with Crippen LogP contribution in [0.4, 0.5) is 0 Å². The number of carbonyl (C=O) groups excluding carboxylic acids is 2. The van der Waals surface area contributed by atoms with E-state index in [1.165, 1.54) is 6.08 Å². The van der Waals surface area contributed by atoms with Gasteiger partial charge in [0.2, 0.25) is 0 Å². The van der Waals surface area contributed by atoms with Crippen LogP contribution >= 0.6 is 0 Å². The van der Waals surface area contributed by atoms with Crippen LogP contribution in [0.2, 0.25) is 0 Å².